The molecule has 0 atom stereocenters. The van der Waals surface area contributed by atoms with E-state index in [9.17, 15) is 4.79 Å². The lowest BCUT2D eigenvalue weighted by atomic mass is 10.2. The summed E-state index contributed by atoms with van der Waals surface area (Å²) in [5.41, 5.74) is 0.599. The number of nitrogens with zero attached hydrogens (tertiary/aromatic N) is 5. The molecule has 122 valence electrons. The molecule has 2 aromatic heterocycles. The molecular weight excluding hydrogens is 302 g/mol. The summed E-state index contributed by atoms with van der Waals surface area (Å²) in [6.07, 6.45) is 1.43. The number of aromatic nitrogens is 3. The zero-order valence-corrected chi connectivity index (χ0v) is 12.6. The summed E-state index contributed by atoms with van der Waals surface area (Å²) in [6.45, 7) is 4.85. The first-order valence-electron chi connectivity index (χ1n) is 7.64. The molecule has 0 saturated carbocycles. The van der Waals surface area contributed by atoms with Gasteiger partial charge in [0.1, 0.15) is 17.5 Å². The lowest BCUT2D eigenvalue weighted by molar-refractivity contribution is 0.0297. The van der Waals surface area contributed by atoms with Gasteiger partial charge in [0.15, 0.2) is 5.69 Å². The van der Waals surface area contributed by atoms with Crippen LogP contribution < -0.4 is 4.90 Å². The number of fused-ring (bicyclic) bond motifs is 1. The molecule has 2 saturated heterocycles. The average Bonchev–Trinajstić information content (AvgIpc) is 3.07. The molecule has 2 aromatic rings. The minimum absolute atomic E-state index is 0.170. The Morgan fingerprint density at radius 1 is 1.00 bits per heavy atom. The first-order valence-corrected chi connectivity index (χ1v) is 7.64. The van der Waals surface area contributed by atoms with Gasteiger partial charge in [0.25, 0.3) is 11.6 Å². The highest BCUT2D eigenvalue weighted by Crippen LogP contribution is 2.27. The van der Waals surface area contributed by atoms with Crippen LogP contribution in [0.5, 0.6) is 0 Å². The molecule has 4 rings (SSSR count). The van der Waals surface area contributed by atoms with E-state index in [1.807, 2.05) is 0 Å². The van der Waals surface area contributed by atoms with Crippen LogP contribution in [0, 0.1) is 0 Å². The first kappa shape index (κ1) is 14.3. The molecule has 0 aromatic carbocycles. The van der Waals surface area contributed by atoms with E-state index in [0.29, 0.717) is 69.5 Å². The Labute approximate surface area is 132 Å². The second-order valence-electron chi connectivity index (χ2n) is 5.41. The summed E-state index contributed by atoms with van der Waals surface area (Å²) in [6, 6.07) is 0. The molecular formula is C14H17N5O4. The van der Waals surface area contributed by atoms with Gasteiger partial charge >= 0.3 is 0 Å². The van der Waals surface area contributed by atoms with Crippen molar-refractivity contribution in [3.05, 3.63) is 12.0 Å². The summed E-state index contributed by atoms with van der Waals surface area (Å²) in [7, 11) is 0. The van der Waals surface area contributed by atoms with Crippen LogP contribution in [0.15, 0.2) is 10.9 Å². The second-order valence-corrected chi connectivity index (χ2v) is 5.41. The Morgan fingerprint density at radius 3 is 2.43 bits per heavy atom. The maximum absolute atomic E-state index is 12.8. The molecule has 2 aliphatic rings. The highest BCUT2D eigenvalue weighted by Gasteiger charge is 2.28. The van der Waals surface area contributed by atoms with Gasteiger partial charge in [-0.15, -0.1) is 0 Å². The van der Waals surface area contributed by atoms with Crippen LogP contribution >= 0.6 is 0 Å². The van der Waals surface area contributed by atoms with Gasteiger partial charge in [-0.2, -0.15) is 4.98 Å². The Kier molecular flexibility index (Phi) is 3.80. The fraction of sp³-hybridized carbons (Fsp3) is 0.571. The molecule has 2 fully saturated rings. The number of carbonyl (C=O) groups excluding carboxylic acids is 1. The first-order chi connectivity index (χ1) is 11.3. The maximum atomic E-state index is 12.8. The quantitative estimate of drug-likeness (QED) is 0.759. The van der Waals surface area contributed by atoms with Crippen LogP contribution in [-0.4, -0.2) is 78.5 Å². The molecule has 0 unspecified atom stereocenters. The van der Waals surface area contributed by atoms with E-state index in [2.05, 4.69) is 20.0 Å². The zero-order valence-electron chi connectivity index (χ0n) is 12.6. The van der Waals surface area contributed by atoms with Crippen molar-refractivity contribution < 1.29 is 18.8 Å². The maximum Gasteiger partial charge on any atom is 0.277 e. The smallest absolute Gasteiger partial charge is 0.277 e. The Bertz CT molecular complexity index is 706. The average molecular weight is 319 g/mol. The summed E-state index contributed by atoms with van der Waals surface area (Å²) in [4.78, 5) is 25.0. The fourth-order valence-electron chi connectivity index (χ4n) is 2.85. The standard InChI is InChI=1S/C14H17N5O4/c20-14(19-3-7-22-8-4-19)11-10-12(18-1-5-21-6-2-18)15-9-16-13(10)23-17-11/h9H,1-8H2. The predicted molar refractivity (Wildman–Crippen MR) is 79.4 cm³/mol. The topological polar surface area (TPSA) is 93.8 Å². The molecule has 23 heavy (non-hydrogen) atoms. The lowest BCUT2D eigenvalue weighted by Gasteiger charge is -2.28. The number of morpholine rings is 2. The van der Waals surface area contributed by atoms with E-state index in [0.717, 1.165) is 0 Å². The number of carbonyl (C=O) groups is 1. The molecule has 4 heterocycles. The van der Waals surface area contributed by atoms with Crippen LogP contribution in [0.25, 0.3) is 11.1 Å². The normalized spacial score (nSPS) is 19.3. The Balaban J connectivity index is 1.73. The third kappa shape index (κ3) is 2.62. The van der Waals surface area contributed by atoms with Crippen LogP contribution in [0.3, 0.4) is 0 Å². The molecule has 2 aliphatic heterocycles. The summed E-state index contributed by atoms with van der Waals surface area (Å²) in [5.74, 6) is 0.507. The van der Waals surface area contributed by atoms with Gasteiger partial charge in [-0.05, 0) is 0 Å². The number of hydrogen-bond donors (Lipinski definition) is 0. The largest absolute Gasteiger partial charge is 0.378 e. The van der Waals surface area contributed by atoms with Crippen molar-refractivity contribution in [2.24, 2.45) is 0 Å². The Morgan fingerprint density at radius 2 is 1.70 bits per heavy atom. The van der Waals surface area contributed by atoms with E-state index in [-0.39, 0.29) is 11.6 Å². The number of amides is 1. The zero-order chi connectivity index (χ0) is 15.6. The number of anilines is 1. The minimum atomic E-state index is -0.170. The van der Waals surface area contributed by atoms with E-state index in [1.54, 1.807) is 4.90 Å². The van der Waals surface area contributed by atoms with Gasteiger partial charge in [-0.1, -0.05) is 5.16 Å². The van der Waals surface area contributed by atoms with E-state index in [1.165, 1.54) is 6.33 Å². The third-order valence-corrected chi connectivity index (χ3v) is 4.06. The molecule has 0 aliphatic carbocycles. The summed E-state index contributed by atoms with van der Waals surface area (Å²) in [5, 5.41) is 4.53. The highest BCUT2D eigenvalue weighted by molar-refractivity contribution is 6.07. The minimum Gasteiger partial charge on any atom is -0.378 e. The van der Waals surface area contributed by atoms with Gasteiger partial charge in [0.05, 0.1) is 26.4 Å². The van der Waals surface area contributed by atoms with E-state index >= 15 is 0 Å². The van der Waals surface area contributed by atoms with Crippen molar-refractivity contribution in [3.63, 3.8) is 0 Å². The summed E-state index contributed by atoms with van der Waals surface area (Å²) < 4.78 is 15.9. The van der Waals surface area contributed by atoms with Crippen molar-refractivity contribution in [3.8, 4) is 0 Å². The van der Waals surface area contributed by atoms with Crippen LogP contribution in [0.4, 0.5) is 5.82 Å². The highest BCUT2D eigenvalue weighted by atomic mass is 16.5. The van der Waals surface area contributed by atoms with Crippen LogP contribution in [-0.2, 0) is 9.47 Å². The SMILES string of the molecule is O=C(c1noc2ncnc(N3CCOCC3)c12)N1CCOCC1. The molecule has 0 N–H and O–H groups in total. The van der Waals surface area contributed by atoms with Crippen molar-refractivity contribution >= 4 is 22.8 Å². The fourth-order valence-corrected chi connectivity index (χ4v) is 2.85. The monoisotopic (exact) mass is 319 g/mol. The van der Waals surface area contributed by atoms with Crippen molar-refractivity contribution in [2.45, 2.75) is 0 Å². The molecule has 9 heteroatoms. The van der Waals surface area contributed by atoms with E-state index < -0.39 is 0 Å². The van der Waals surface area contributed by atoms with Crippen LogP contribution in [0.2, 0.25) is 0 Å². The van der Waals surface area contributed by atoms with Crippen LogP contribution in [0.1, 0.15) is 10.5 Å². The molecule has 0 spiro atoms. The lowest BCUT2D eigenvalue weighted by Crippen LogP contribution is -2.41. The molecule has 0 radical (unpaired) electrons. The van der Waals surface area contributed by atoms with Gasteiger partial charge in [0, 0.05) is 26.2 Å². The summed E-state index contributed by atoms with van der Waals surface area (Å²) >= 11 is 0. The van der Waals surface area contributed by atoms with Crippen molar-refractivity contribution in [1.29, 1.82) is 0 Å². The second kappa shape index (κ2) is 6.09. The predicted octanol–water partition coefficient (Wildman–Crippen LogP) is -0.0732. The Hall–Kier alpha value is -2.26. The molecule has 0 bridgehead atoms. The van der Waals surface area contributed by atoms with E-state index in [4.69, 9.17) is 14.0 Å². The molecule has 9 nitrogen and oxygen atoms in total. The number of rotatable bonds is 2. The number of ether oxygens (including phenoxy) is 2. The van der Waals surface area contributed by atoms with Gasteiger partial charge in [-0.3, -0.25) is 4.79 Å². The number of hydrogen-bond acceptors (Lipinski definition) is 8. The molecule has 1 amide bonds. The van der Waals surface area contributed by atoms with Gasteiger partial charge in [0.2, 0.25) is 0 Å². The third-order valence-electron chi connectivity index (χ3n) is 4.06. The van der Waals surface area contributed by atoms with Crippen molar-refractivity contribution in [2.75, 3.05) is 57.5 Å². The van der Waals surface area contributed by atoms with Gasteiger partial charge < -0.3 is 23.8 Å². The van der Waals surface area contributed by atoms with Crippen molar-refractivity contribution in [1.82, 2.24) is 20.0 Å². The van der Waals surface area contributed by atoms with Gasteiger partial charge in [-0.25, -0.2) is 4.98 Å².